The number of nitrogens with one attached hydrogen (secondary N) is 1. The van der Waals surface area contributed by atoms with E-state index in [4.69, 9.17) is 5.73 Å². The third kappa shape index (κ3) is 2.77. The van der Waals surface area contributed by atoms with Crippen LogP contribution in [0.5, 0.6) is 0 Å². The van der Waals surface area contributed by atoms with Gasteiger partial charge in [0.2, 0.25) is 11.5 Å². The van der Waals surface area contributed by atoms with Gasteiger partial charge >= 0.3 is 0 Å². The van der Waals surface area contributed by atoms with Gasteiger partial charge in [-0.25, -0.2) is 4.57 Å². The Bertz CT molecular complexity index is 1230. The molecule has 27 heavy (non-hydrogen) atoms. The fraction of sp³-hybridized carbons (Fsp3) is 0.105. The van der Waals surface area contributed by atoms with Crippen LogP contribution >= 0.6 is 0 Å². The molecule has 0 spiro atoms. The summed E-state index contributed by atoms with van der Waals surface area (Å²) in [6.45, 7) is 0.330. The average Bonchev–Trinajstić information content (AvgIpc) is 2.70. The highest BCUT2D eigenvalue weighted by Crippen LogP contribution is 2.15. The highest BCUT2D eigenvalue weighted by atomic mass is 16.1. The van der Waals surface area contributed by atoms with Crippen molar-refractivity contribution in [2.45, 2.75) is 6.54 Å². The van der Waals surface area contributed by atoms with E-state index in [-0.39, 0.29) is 22.8 Å². The van der Waals surface area contributed by atoms with E-state index in [1.807, 2.05) is 12.1 Å². The number of hydrogen-bond acceptors (Lipinski definition) is 5. The van der Waals surface area contributed by atoms with Crippen molar-refractivity contribution in [3.8, 4) is 0 Å². The lowest BCUT2D eigenvalue weighted by Crippen LogP contribution is -2.43. The molecular weight excluding hydrogens is 344 g/mol. The molecule has 1 amide bonds. The van der Waals surface area contributed by atoms with Gasteiger partial charge in [-0.3, -0.25) is 19.0 Å². The number of nitrogens with zero attached hydrogens (tertiary/aromatic N) is 4. The molecule has 8 nitrogen and oxygen atoms in total. The van der Waals surface area contributed by atoms with Gasteiger partial charge in [0.1, 0.15) is 10.9 Å². The maximum Gasteiger partial charge on any atom is 0.278 e. The number of carbonyl (C=O) groups excluding carboxylic acids is 1. The second-order valence-corrected chi connectivity index (χ2v) is 6.05. The zero-order valence-electron chi connectivity index (χ0n) is 14.6. The smallest absolute Gasteiger partial charge is 0.278 e. The van der Waals surface area contributed by atoms with Crippen LogP contribution in [0.25, 0.3) is 16.7 Å². The van der Waals surface area contributed by atoms with Crippen molar-refractivity contribution in [3.05, 3.63) is 76.5 Å². The summed E-state index contributed by atoms with van der Waals surface area (Å²) < 4.78 is 3.12. The number of pyridine rings is 3. The van der Waals surface area contributed by atoms with Crippen LogP contribution in [0, 0.1) is 0 Å². The van der Waals surface area contributed by atoms with Crippen molar-refractivity contribution in [1.29, 1.82) is 0 Å². The molecular formula is C19H17N6O2+. The Balaban J connectivity index is 2.10. The molecule has 0 radical (unpaired) electrons. The monoisotopic (exact) mass is 361 g/mol. The molecule has 4 aromatic rings. The van der Waals surface area contributed by atoms with Crippen molar-refractivity contribution in [2.24, 2.45) is 0 Å². The third-order valence-electron chi connectivity index (χ3n) is 4.40. The number of rotatable bonds is 3. The first-order valence-electron chi connectivity index (χ1n) is 8.34. The zero-order chi connectivity index (χ0) is 19.0. The molecule has 0 aliphatic heterocycles. The summed E-state index contributed by atoms with van der Waals surface area (Å²) >= 11 is 0. The summed E-state index contributed by atoms with van der Waals surface area (Å²) in [4.78, 5) is 34.0. The first kappa shape index (κ1) is 16.6. The molecule has 4 aromatic heterocycles. The topological polar surface area (TPSA) is 106 Å². The van der Waals surface area contributed by atoms with Crippen molar-refractivity contribution < 1.29 is 9.36 Å². The van der Waals surface area contributed by atoms with E-state index >= 15 is 0 Å². The van der Waals surface area contributed by atoms with Crippen LogP contribution in [0.1, 0.15) is 15.9 Å². The molecule has 0 aromatic carbocycles. The zero-order valence-corrected chi connectivity index (χ0v) is 14.6. The lowest BCUT2D eigenvalue weighted by atomic mass is 10.1. The van der Waals surface area contributed by atoms with E-state index in [1.54, 1.807) is 41.4 Å². The number of amides is 1. The number of anilines is 1. The SMILES string of the molecule is CNC(=O)c1cc2c(=O)n3ccccc3nc2[n+](Cc2cccnc2)c1N. The average molecular weight is 361 g/mol. The maximum absolute atomic E-state index is 13.0. The Kier molecular flexibility index (Phi) is 4.00. The summed E-state index contributed by atoms with van der Waals surface area (Å²) in [7, 11) is 1.52. The van der Waals surface area contributed by atoms with Crippen LogP contribution in [0.15, 0.2) is 59.8 Å². The quantitative estimate of drug-likeness (QED) is 0.409. The first-order valence-corrected chi connectivity index (χ1v) is 8.34. The molecule has 4 rings (SSSR count). The summed E-state index contributed by atoms with van der Waals surface area (Å²) in [5.74, 6) is -0.134. The molecule has 3 N–H and O–H groups in total. The van der Waals surface area contributed by atoms with Crippen molar-refractivity contribution >= 4 is 28.4 Å². The van der Waals surface area contributed by atoms with Gasteiger partial charge in [-0.15, -0.1) is 0 Å². The minimum atomic E-state index is -0.369. The van der Waals surface area contributed by atoms with Crippen LogP contribution in [0.2, 0.25) is 0 Å². The molecule has 134 valence electrons. The molecule has 0 aliphatic carbocycles. The molecule has 0 aliphatic rings. The fourth-order valence-corrected chi connectivity index (χ4v) is 3.05. The van der Waals surface area contributed by atoms with Crippen molar-refractivity contribution in [1.82, 2.24) is 19.7 Å². The van der Waals surface area contributed by atoms with Gasteiger partial charge in [0, 0.05) is 31.2 Å². The van der Waals surface area contributed by atoms with Gasteiger partial charge in [0.15, 0.2) is 0 Å². The van der Waals surface area contributed by atoms with Gasteiger partial charge in [0.05, 0.1) is 6.54 Å². The molecule has 0 unspecified atom stereocenters. The van der Waals surface area contributed by atoms with Crippen LogP contribution in [-0.4, -0.2) is 27.3 Å². The summed E-state index contributed by atoms with van der Waals surface area (Å²) in [5, 5.41) is 2.88. The van der Waals surface area contributed by atoms with Gasteiger partial charge in [-0.05, 0) is 24.3 Å². The fourth-order valence-electron chi connectivity index (χ4n) is 3.05. The van der Waals surface area contributed by atoms with Crippen LogP contribution in [0.3, 0.4) is 0 Å². The van der Waals surface area contributed by atoms with Gasteiger partial charge in [-0.1, -0.05) is 17.1 Å². The van der Waals surface area contributed by atoms with E-state index in [0.29, 0.717) is 23.2 Å². The van der Waals surface area contributed by atoms with E-state index < -0.39 is 0 Å². The van der Waals surface area contributed by atoms with E-state index in [9.17, 15) is 9.59 Å². The van der Waals surface area contributed by atoms with Crippen molar-refractivity contribution in [2.75, 3.05) is 12.8 Å². The molecule has 0 fully saturated rings. The second kappa shape index (κ2) is 6.49. The Morgan fingerprint density at radius 3 is 2.89 bits per heavy atom. The van der Waals surface area contributed by atoms with E-state index in [2.05, 4.69) is 15.3 Å². The van der Waals surface area contributed by atoms with Crippen LogP contribution in [0.4, 0.5) is 5.82 Å². The molecule has 0 saturated carbocycles. The molecule has 4 heterocycles. The van der Waals surface area contributed by atoms with E-state index in [1.165, 1.54) is 17.5 Å². The predicted molar refractivity (Wildman–Crippen MR) is 100 cm³/mol. The van der Waals surface area contributed by atoms with Gasteiger partial charge in [-0.2, -0.15) is 0 Å². The lowest BCUT2D eigenvalue weighted by Gasteiger charge is -2.11. The molecule has 0 saturated heterocycles. The standard InChI is InChI=1S/C19H16N6O2/c1-21-18(26)13-9-14-17(23-15-6-2-3-8-24(15)19(14)27)25(16(13)20)11-12-5-4-7-22-10-12/h2-10,20H,11H2,1H3,(H,21,26)/p+1. The van der Waals surface area contributed by atoms with Gasteiger partial charge in [0.25, 0.3) is 17.1 Å². The second-order valence-electron chi connectivity index (χ2n) is 6.05. The van der Waals surface area contributed by atoms with Crippen molar-refractivity contribution in [3.63, 3.8) is 0 Å². The number of fused-ring (bicyclic) bond motifs is 2. The third-order valence-corrected chi connectivity index (χ3v) is 4.40. The van der Waals surface area contributed by atoms with E-state index in [0.717, 1.165) is 5.56 Å². The number of nitrogen functional groups attached to an aromatic ring is 1. The lowest BCUT2D eigenvalue weighted by molar-refractivity contribution is -0.649. The Labute approximate surface area is 153 Å². The largest absolute Gasteiger partial charge is 0.355 e. The van der Waals surface area contributed by atoms with Crippen LogP contribution < -0.4 is 21.2 Å². The number of aromatic nitrogens is 4. The number of hydrogen-bond donors (Lipinski definition) is 2. The normalized spacial score (nSPS) is 11.0. The molecule has 0 bridgehead atoms. The highest BCUT2D eigenvalue weighted by molar-refractivity contribution is 6.00. The first-order chi connectivity index (χ1) is 13.1. The van der Waals surface area contributed by atoms with Gasteiger partial charge < -0.3 is 11.1 Å². The minimum Gasteiger partial charge on any atom is -0.355 e. The number of nitrogens with two attached hydrogens (primary N) is 1. The van der Waals surface area contributed by atoms with Crippen LogP contribution in [-0.2, 0) is 6.54 Å². The maximum atomic E-state index is 13.0. The summed E-state index contributed by atoms with van der Waals surface area (Å²) in [5.41, 5.74) is 8.06. The predicted octanol–water partition coefficient (Wildman–Crippen LogP) is 0.520. The summed E-state index contributed by atoms with van der Waals surface area (Å²) in [6.07, 6.45) is 5.03. The Morgan fingerprint density at radius 1 is 1.30 bits per heavy atom. The highest BCUT2D eigenvalue weighted by Gasteiger charge is 2.24. The molecule has 0 atom stereocenters. The number of carbonyl (C=O) groups is 1. The molecule has 8 heteroatoms. The Morgan fingerprint density at radius 2 is 2.15 bits per heavy atom. The Hall–Kier alpha value is -3.81. The summed E-state index contributed by atoms with van der Waals surface area (Å²) in [6, 6.07) is 10.5. The minimum absolute atomic E-state index is 0.226.